The molecule has 3 nitrogen and oxygen atoms in total. The summed E-state index contributed by atoms with van der Waals surface area (Å²) in [7, 11) is 4.11. The molecule has 0 bridgehead atoms. The van der Waals surface area contributed by atoms with E-state index < -0.39 is 0 Å². The molecule has 3 rings (SSSR count). The highest BCUT2D eigenvalue weighted by Gasteiger charge is 2.13. The van der Waals surface area contributed by atoms with Crippen molar-refractivity contribution in [1.29, 1.82) is 0 Å². The topological polar surface area (TPSA) is 18.5 Å². The highest BCUT2D eigenvalue weighted by molar-refractivity contribution is 6.33. The van der Waals surface area contributed by atoms with Crippen LogP contribution in [0.4, 0.5) is 17.1 Å². The molecule has 24 heavy (non-hydrogen) atoms. The summed E-state index contributed by atoms with van der Waals surface area (Å²) in [4.78, 5) is 4.51. The minimum atomic E-state index is 0.799. The maximum absolute atomic E-state index is 6.51. The van der Waals surface area contributed by atoms with Gasteiger partial charge in [-0.2, -0.15) is 0 Å². The second kappa shape index (κ2) is 7.80. The molecule has 1 fully saturated rings. The first-order valence-electron chi connectivity index (χ1n) is 8.68. The summed E-state index contributed by atoms with van der Waals surface area (Å²) in [6.45, 7) is 3.03. The molecule has 128 valence electrons. The lowest BCUT2D eigenvalue weighted by Crippen LogP contribution is -2.29. The van der Waals surface area contributed by atoms with Crippen molar-refractivity contribution in [2.75, 3.05) is 42.3 Å². The number of anilines is 3. The van der Waals surface area contributed by atoms with Crippen molar-refractivity contribution in [3.63, 3.8) is 0 Å². The summed E-state index contributed by atoms with van der Waals surface area (Å²) in [5.74, 6) is 0. The van der Waals surface area contributed by atoms with Crippen molar-refractivity contribution < 1.29 is 0 Å². The molecule has 1 saturated heterocycles. The first-order chi connectivity index (χ1) is 11.6. The summed E-state index contributed by atoms with van der Waals surface area (Å²) in [6, 6.07) is 14.9. The van der Waals surface area contributed by atoms with Crippen molar-refractivity contribution in [1.82, 2.24) is 0 Å². The zero-order chi connectivity index (χ0) is 16.9. The van der Waals surface area contributed by atoms with Gasteiger partial charge in [0.15, 0.2) is 0 Å². The molecule has 0 amide bonds. The maximum Gasteiger partial charge on any atom is 0.0660 e. The van der Waals surface area contributed by atoms with Crippen LogP contribution in [0.15, 0.2) is 42.5 Å². The molecule has 4 heteroatoms. The van der Waals surface area contributed by atoms with Gasteiger partial charge >= 0.3 is 0 Å². The summed E-state index contributed by atoms with van der Waals surface area (Å²) >= 11 is 6.51. The average molecular weight is 344 g/mol. The largest absolute Gasteiger partial charge is 0.381 e. The molecular formula is C20H26ClN3. The number of benzene rings is 2. The molecule has 0 unspecified atom stereocenters. The van der Waals surface area contributed by atoms with Gasteiger partial charge in [0.05, 0.1) is 10.7 Å². The Morgan fingerprint density at radius 3 is 2.33 bits per heavy atom. The van der Waals surface area contributed by atoms with Crippen molar-refractivity contribution >= 4 is 28.7 Å². The van der Waals surface area contributed by atoms with E-state index in [1.54, 1.807) is 0 Å². The Hall–Kier alpha value is -1.87. The van der Waals surface area contributed by atoms with E-state index in [0.717, 1.165) is 36.0 Å². The van der Waals surface area contributed by atoms with E-state index in [1.165, 1.54) is 30.5 Å². The fourth-order valence-electron chi connectivity index (χ4n) is 3.12. The molecule has 0 aromatic heterocycles. The van der Waals surface area contributed by atoms with Crippen molar-refractivity contribution in [3.05, 3.63) is 53.1 Å². The van der Waals surface area contributed by atoms with Gasteiger partial charge in [0, 0.05) is 45.1 Å². The third-order valence-corrected chi connectivity index (χ3v) is 4.90. The minimum Gasteiger partial charge on any atom is -0.381 e. The zero-order valence-electron chi connectivity index (χ0n) is 14.6. The van der Waals surface area contributed by atoms with Gasteiger partial charge in [0.25, 0.3) is 0 Å². The molecule has 0 atom stereocenters. The highest BCUT2D eigenvalue weighted by Crippen LogP contribution is 2.31. The average Bonchev–Trinajstić information content (AvgIpc) is 2.61. The number of rotatable bonds is 5. The van der Waals surface area contributed by atoms with Crippen LogP contribution in [0.25, 0.3) is 0 Å². The Bertz CT molecular complexity index is 661. The lowest BCUT2D eigenvalue weighted by atomic mass is 10.1. The third-order valence-electron chi connectivity index (χ3n) is 4.59. The molecule has 1 heterocycles. The van der Waals surface area contributed by atoms with Gasteiger partial charge in [0.2, 0.25) is 0 Å². The fourth-order valence-corrected chi connectivity index (χ4v) is 3.42. The summed E-state index contributed by atoms with van der Waals surface area (Å²) in [5, 5.41) is 4.30. The Kier molecular flexibility index (Phi) is 5.52. The Balaban J connectivity index is 1.62. The molecule has 2 aromatic rings. The molecule has 1 N–H and O–H groups in total. The standard InChI is InChI=1S/C20H26ClN3/c1-23(2)18-9-6-16(7-10-18)15-22-17-8-11-20(19(21)14-17)24-12-4-3-5-13-24/h6-11,14,22H,3-5,12-13,15H2,1-2H3. The van der Waals surface area contributed by atoms with Gasteiger partial charge in [-0.25, -0.2) is 0 Å². The number of nitrogens with one attached hydrogen (secondary N) is 1. The van der Waals surface area contributed by atoms with Gasteiger partial charge in [0.1, 0.15) is 0 Å². The molecule has 1 aliphatic heterocycles. The van der Waals surface area contributed by atoms with Gasteiger partial charge in [-0.05, 0) is 55.2 Å². The normalized spacial score (nSPS) is 14.5. The summed E-state index contributed by atoms with van der Waals surface area (Å²) in [6.07, 6.45) is 3.86. The van der Waals surface area contributed by atoms with Gasteiger partial charge in [-0.3, -0.25) is 0 Å². The number of nitrogens with zero attached hydrogens (tertiary/aromatic N) is 2. The minimum absolute atomic E-state index is 0.799. The summed E-state index contributed by atoms with van der Waals surface area (Å²) < 4.78 is 0. The van der Waals surface area contributed by atoms with Crippen LogP contribution in [-0.2, 0) is 6.54 Å². The Labute approximate surface area is 150 Å². The molecule has 2 aromatic carbocycles. The number of halogens is 1. The smallest absolute Gasteiger partial charge is 0.0660 e. The van der Waals surface area contributed by atoms with Gasteiger partial charge in [-0.15, -0.1) is 0 Å². The first kappa shape index (κ1) is 17.0. The predicted octanol–water partition coefficient (Wildman–Crippen LogP) is 5.01. The number of piperidine rings is 1. The van der Waals surface area contributed by atoms with Crippen LogP contribution in [0.5, 0.6) is 0 Å². The monoisotopic (exact) mass is 343 g/mol. The van der Waals surface area contributed by atoms with Gasteiger partial charge in [-0.1, -0.05) is 23.7 Å². The van der Waals surface area contributed by atoms with E-state index in [1.807, 2.05) is 6.07 Å². The van der Waals surface area contributed by atoms with E-state index in [2.05, 4.69) is 65.6 Å². The third kappa shape index (κ3) is 4.15. The highest BCUT2D eigenvalue weighted by atomic mass is 35.5. The van der Waals surface area contributed by atoms with Crippen molar-refractivity contribution in [3.8, 4) is 0 Å². The molecule has 0 radical (unpaired) electrons. The molecule has 0 spiro atoms. The van der Waals surface area contributed by atoms with Crippen LogP contribution in [0.2, 0.25) is 5.02 Å². The Morgan fingerprint density at radius 2 is 1.71 bits per heavy atom. The molecule has 0 saturated carbocycles. The van der Waals surface area contributed by atoms with Crippen LogP contribution >= 0.6 is 11.6 Å². The first-order valence-corrected chi connectivity index (χ1v) is 9.06. The maximum atomic E-state index is 6.51. The molecular weight excluding hydrogens is 318 g/mol. The van der Waals surface area contributed by atoms with Crippen molar-refractivity contribution in [2.24, 2.45) is 0 Å². The van der Waals surface area contributed by atoms with Gasteiger partial charge < -0.3 is 15.1 Å². The summed E-state index contributed by atoms with van der Waals surface area (Å²) in [5.41, 5.74) is 4.71. The SMILES string of the molecule is CN(C)c1ccc(CNc2ccc(N3CCCCC3)c(Cl)c2)cc1. The lowest BCUT2D eigenvalue weighted by Gasteiger charge is -2.29. The Morgan fingerprint density at radius 1 is 1.00 bits per heavy atom. The van der Waals surface area contributed by atoms with Crippen LogP contribution in [0.1, 0.15) is 24.8 Å². The van der Waals surface area contributed by atoms with Crippen LogP contribution in [0, 0.1) is 0 Å². The predicted molar refractivity (Wildman–Crippen MR) is 106 cm³/mol. The fraction of sp³-hybridized carbons (Fsp3) is 0.400. The van der Waals surface area contributed by atoms with Crippen molar-refractivity contribution in [2.45, 2.75) is 25.8 Å². The number of hydrogen-bond donors (Lipinski definition) is 1. The van der Waals surface area contributed by atoms with E-state index in [9.17, 15) is 0 Å². The van der Waals surface area contributed by atoms with Crippen LogP contribution in [-0.4, -0.2) is 27.2 Å². The molecule has 1 aliphatic rings. The molecule has 0 aliphatic carbocycles. The zero-order valence-corrected chi connectivity index (χ0v) is 15.3. The van der Waals surface area contributed by atoms with Crippen LogP contribution < -0.4 is 15.1 Å². The second-order valence-corrected chi connectivity index (χ2v) is 7.04. The quantitative estimate of drug-likeness (QED) is 0.823. The number of hydrogen-bond acceptors (Lipinski definition) is 3. The lowest BCUT2D eigenvalue weighted by molar-refractivity contribution is 0.578. The van der Waals surface area contributed by atoms with E-state index in [0.29, 0.717) is 0 Å². The van der Waals surface area contributed by atoms with E-state index in [4.69, 9.17) is 11.6 Å². The van der Waals surface area contributed by atoms with E-state index in [-0.39, 0.29) is 0 Å². The van der Waals surface area contributed by atoms with E-state index >= 15 is 0 Å². The van der Waals surface area contributed by atoms with Crippen LogP contribution in [0.3, 0.4) is 0 Å². The second-order valence-electron chi connectivity index (χ2n) is 6.63.